The molecule has 0 amide bonds. The highest BCUT2D eigenvalue weighted by Gasteiger charge is 2.34. The number of nitrogen functional groups attached to an aromatic ring is 1. The van der Waals surface area contributed by atoms with Crippen LogP contribution in [0.25, 0.3) is 22.8 Å². The summed E-state index contributed by atoms with van der Waals surface area (Å²) in [5, 5.41) is 36.7. The zero-order valence-corrected chi connectivity index (χ0v) is 29.3. The van der Waals surface area contributed by atoms with Crippen LogP contribution in [-0.2, 0) is 0 Å². The van der Waals surface area contributed by atoms with Gasteiger partial charge in [-0.05, 0) is 0 Å². The molecule has 4 rings (SSSR count). The summed E-state index contributed by atoms with van der Waals surface area (Å²) in [6.07, 6.45) is -4.73. The lowest BCUT2D eigenvalue weighted by molar-refractivity contribution is 0.205. The van der Waals surface area contributed by atoms with E-state index in [1.165, 1.54) is 0 Å². The summed E-state index contributed by atoms with van der Waals surface area (Å²) in [6.45, 7) is 0. The molecule has 46 heavy (non-hydrogen) atoms. The van der Waals surface area contributed by atoms with Crippen molar-refractivity contribution in [1.82, 2.24) is 29.9 Å². The van der Waals surface area contributed by atoms with Gasteiger partial charge < -0.3 is 37.0 Å². The smallest absolute Gasteiger partial charge is 0.234 e. The minimum Gasteiger partial charge on any atom is -0.369 e. The molecule has 0 aliphatic heterocycles. The molecule has 0 radical (unpaired) electrons. The molecule has 22 heteroatoms. The van der Waals surface area contributed by atoms with Gasteiger partial charge in [0.25, 0.3) is 0 Å². The predicted molar refractivity (Wildman–Crippen MR) is 185 cm³/mol. The lowest BCUT2D eigenvalue weighted by Crippen LogP contribution is -2.35. The van der Waals surface area contributed by atoms with Crippen LogP contribution in [0.1, 0.15) is 0 Å². The first-order valence-electron chi connectivity index (χ1n) is 12.3. The lowest BCUT2D eigenvalue weighted by atomic mass is 10.2. The van der Waals surface area contributed by atoms with Gasteiger partial charge in [0.1, 0.15) is 0 Å². The number of benzene rings is 2. The van der Waals surface area contributed by atoms with Gasteiger partial charge in [-0.3, -0.25) is 0 Å². The van der Waals surface area contributed by atoms with E-state index in [-0.39, 0.29) is 29.6 Å². The first-order valence-corrected chi connectivity index (χ1v) is 15.7. The molecule has 248 valence electrons. The Morgan fingerprint density at radius 2 is 0.783 bits per heavy atom. The van der Waals surface area contributed by atoms with Crippen LogP contribution in [0.15, 0.2) is 60.7 Å². The van der Waals surface area contributed by atoms with Crippen molar-refractivity contribution in [2.24, 2.45) is 0 Å². The maximum atomic E-state index is 9.86. The fraction of sp³-hybridized carbons (Fsp3) is 0.250. The Morgan fingerprint density at radius 1 is 0.478 bits per heavy atom. The molecule has 0 saturated heterocycles. The number of aliphatic hydroxyl groups is 3. The molecule has 2 aromatic heterocycles. The number of alkyl halides is 9. The highest BCUT2D eigenvalue weighted by atomic mass is 35.6. The fourth-order valence-corrected chi connectivity index (χ4v) is 3.50. The summed E-state index contributed by atoms with van der Waals surface area (Å²) in [5.74, 6) is 0.247. The summed E-state index contributed by atoms with van der Waals surface area (Å²) >= 11 is 50.3. The van der Waals surface area contributed by atoms with Crippen molar-refractivity contribution in [3.8, 4) is 22.8 Å². The number of nitrogens with one attached hydrogen (secondary N) is 3. The van der Waals surface area contributed by atoms with Crippen LogP contribution < -0.4 is 21.7 Å². The summed E-state index contributed by atoms with van der Waals surface area (Å²) in [7, 11) is 0. The first kappa shape index (κ1) is 38.6. The molecule has 4 aromatic rings. The van der Waals surface area contributed by atoms with Gasteiger partial charge in [-0.15, -0.1) is 0 Å². The third kappa shape index (κ3) is 12.3. The fourth-order valence-electron chi connectivity index (χ4n) is 3.01. The van der Waals surface area contributed by atoms with Crippen molar-refractivity contribution >= 4 is 128 Å². The molecule has 8 N–H and O–H groups in total. The second-order valence-electron chi connectivity index (χ2n) is 8.64. The van der Waals surface area contributed by atoms with Gasteiger partial charge in [-0.25, -0.2) is 0 Å². The van der Waals surface area contributed by atoms with E-state index in [1.54, 1.807) is 24.3 Å². The standard InChI is InChI=1S/C13H11Cl6N5O2.C11H10Cl3N5O/c14-12(15,16)8(25)22-10-20-7(6-4-2-1-3-5-6)21-11(24-10)23-9(26)13(17,18)19;12-11(13,14)8(20)18-10-17-7(16-9(15)19-10)6-4-2-1-3-5-6/h1-5,8-9,25-26H,(H2,20,21,22,23,24);1-5,8,20H,(H3,15,16,17,18,19). The van der Waals surface area contributed by atoms with Crippen LogP contribution in [0.3, 0.4) is 0 Å². The van der Waals surface area contributed by atoms with Crippen LogP contribution in [0, 0.1) is 0 Å². The molecular formula is C24H21Cl9N10O3. The first-order chi connectivity index (χ1) is 21.3. The molecule has 0 saturated carbocycles. The summed E-state index contributed by atoms with van der Waals surface area (Å²) in [5.41, 5.74) is 6.96. The predicted octanol–water partition coefficient (Wildman–Crippen LogP) is 5.96. The Bertz CT molecular complexity index is 1520. The topological polar surface area (TPSA) is 200 Å². The van der Waals surface area contributed by atoms with Gasteiger partial charge in [-0.1, -0.05) is 165 Å². The molecule has 3 atom stereocenters. The zero-order chi connectivity index (χ0) is 34.3. The average Bonchev–Trinajstić information content (AvgIpc) is 2.96. The number of anilines is 4. The minimum atomic E-state index is -2.04. The van der Waals surface area contributed by atoms with Crippen molar-refractivity contribution in [1.29, 1.82) is 0 Å². The second-order valence-corrected chi connectivity index (χ2v) is 15.8. The van der Waals surface area contributed by atoms with Crippen LogP contribution in [0.2, 0.25) is 0 Å². The number of nitrogens with zero attached hydrogens (tertiary/aromatic N) is 6. The maximum absolute atomic E-state index is 9.86. The third-order valence-corrected chi connectivity index (χ3v) is 6.94. The molecule has 2 aromatic carbocycles. The molecule has 2 heterocycles. The zero-order valence-electron chi connectivity index (χ0n) is 22.5. The van der Waals surface area contributed by atoms with Crippen LogP contribution in [0.5, 0.6) is 0 Å². The quantitative estimate of drug-likeness (QED) is 0.0813. The van der Waals surface area contributed by atoms with Gasteiger partial charge in [0.05, 0.1) is 0 Å². The van der Waals surface area contributed by atoms with Crippen LogP contribution in [0.4, 0.5) is 23.8 Å². The Balaban J connectivity index is 0.000000259. The van der Waals surface area contributed by atoms with E-state index in [4.69, 9.17) is 110 Å². The molecule has 3 unspecified atom stereocenters. The van der Waals surface area contributed by atoms with E-state index >= 15 is 0 Å². The summed E-state index contributed by atoms with van der Waals surface area (Å²) in [4.78, 5) is 24.2. The van der Waals surface area contributed by atoms with E-state index in [1.807, 2.05) is 36.4 Å². The lowest BCUT2D eigenvalue weighted by Gasteiger charge is -2.22. The largest absolute Gasteiger partial charge is 0.369 e. The Hall–Kier alpha value is -1.85. The SMILES string of the molecule is Nc1nc(NC(O)C(Cl)(Cl)Cl)nc(-c2ccccc2)n1.OC(Nc1nc(NC(O)C(Cl)(Cl)Cl)nc(-c2ccccc2)n1)C(Cl)(Cl)Cl. The Labute approximate surface area is 306 Å². The van der Waals surface area contributed by atoms with E-state index in [0.717, 1.165) is 5.56 Å². The summed E-state index contributed by atoms with van der Waals surface area (Å²) in [6, 6.07) is 18.0. The number of aromatic nitrogens is 6. The van der Waals surface area contributed by atoms with Crippen molar-refractivity contribution in [2.45, 2.75) is 30.1 Å². The van der Waals surface area contributed by atoms with E-state index < -0.39 is 30.1 Å². The number of hydrogen-bond acceptors (Lipinski definition) is 13. The monoisotopic (exact) mass is 812 g/mol. The van der Waals surface area contributed by atoms with Crippen LogP contribution in [-0.4, -0.2) is 75.3 Å². The number of halogens is 9. The summed E-state index contributed by atoms with van der Waals surface area (Å²) < 4.78 is -6.00. The number of nitrogens with two attached hydrogens (primary N) is 1. The third-order valence-electron chi connectivity index (χ3n) is 5.08. The average molecular weight is 817 g/mol. The van der Waals surface area contributed by atoms with E-state index in [9.17, 15) is 15.3 Å². The molecule has 0 aliphatic carbocycles. The molecule has 0 fully saturated rings. The van der Waals surface area contributed by atoms with Gasteiger partial charge in [0.15, 0.2) is 30.3 Å². The molecule has 0 aliphatic rings. The highest BCUT2D eigenvalue weighted by molar-refractivity contribution is 6.69. The van der Waals surface area contributed by atoms with Gasteiger partial charge in [0, 0.05) is 11.1 Å². The van der Waals surface area contributed by atoms with Gasteiger partial charge >= 0.3 is 0 Å². The maximum Gasteiger partial charge on any atom is 0.234 e. The van der Waals surface area contributed by atoms with E-state index in [0.29, 0.717) is 11.4 Å². The minimum absolute atomic E-state index is 0.00942. The highest BCUT2D eigenvalue weighted by Crippen LogP contribution is 2.33. The molecule has 0 spiro atoms. The second kappa shape index (κ2) is 16.5. The molecule has 13 nitrogen and oxygen atoms in total. The number of hydrogen-bond donors (Lipinski definition) is 7. The van der Waals surface area contributed by atoms with Crippen molar-refractivity contribution in [3.05, 3.63) is 60.7 Å². The normalized spacial score (nSPS) is 13.9. The number of aliphatic hydroxyl groups excluding tert-OH is 3. The molecular weight excluding hydrogens is 795 g/mol. The van der Waals surface area contributed by atoms with Crippen molar-refractivity contribution < 1.29 is 15.3 Å². The van der Waals surface area contributed by atoms with Gasteiger partial charge in [0.2, 0.25) is 35.2 Å². The molecule has 0 bridgehead atoms. The van der Waals surface area contributed by atoms with Gasteiger partial charge in [-0.2, -0.15) is 29.9 Å². The Kier molecular flexibility index (Phi) is 13.8. The van der Waals surface area contributed by atoms with E-state index in [2.05, 4.69) is 45.9 Å². The Morgan fingerprint density at radius 3 is 1.11 bits per heavy atom. The van der Waals surface area contributed by atoms with Crippen molar-refractivity contribution in [2.75, 3.05) is 21.7 Å². The van der Waals surface area contributed by atoms with Crippen LogP contribution >= 0.6 is 104 Å². The number of rotatable bonds is 8. The van der Waals surface area contributed by atoms with Crippen molar-refractivity contribution in [3.63, 3.8) is 0 Å².